The lowest BCUT2D eigenvalue weighted by Gasteiger charge is -2.01. The SMILES string of the molecule is [C]1[C]=Cc2cc3ccccc3cc21. The van der Waals surface area contributed by atoms with Gasteiger partial charge in [0.15, 0.2) is 0 Å². The molecule has 0 aromatic heterocycles. The van der Waals surface area contributed by atoms with E-state index in [0.29, 0.717) is 0 Å². The van der Waals surface area contributed by atoms with Crippen LogP contribution in [0.15, 0.2) is 36.4 Å². The molecular formula is C13H7. The second kappa shape index (κ2) is 2.46. The molecule has 0 saturated carbocycles. The molecule has 0 aliphatic heterocycles. The Morgan fingerprint density at radius 1 is 0.923 bits per heavy atom. The Labute approximate surface area is 77.5 Å². The van der Waals surface area contributed by atoms with Crippen molar-refractivity contribution in [1.29, 1.82) is 0 Å². The highest BCUT2D eigenvalue weighted by atomic mass is 14.1. The van der Waals surface area contributed by atoms with Crippen LogP contribution in [-0.2, 0) is 0 Å². The molecule has 0 N–H and O–H groups in total. The Hall–Kier alpha value is -1.56. The summed E-state index contributed by atoms with van der Waals surface area (Å²) in [5, 5.41) is 2.55. The van der Waals surface area contributed by atoms with Crippen LogP contribution in [0.3, 0.4) is 0 Å². The molecule has 0 spiro atoms. The molecule has 3 rings (SSSR count). The van der Waals surface area contributed by atoms with E-state index in [1.807, 2.05) is 6.08 Å². The maximum absolute atomic E-state index is 3.09. The van der Waals surface area contributed by atoms with E-state index >= 15 is 0 Å². The summed E-state index contributed by atoms with van der Waals surface area (Å²) in [5.74, 6) is 0. The van der Waals surface area contributed by atoms with Gasteiger partial charge < -0.3 is 0 Å². The largest absolute Gasteiger partial charge is 0.0616 e. The highest BCUT2D eigenvalue weighted by Crippen LogP contribution is 2.25. The number of hydrogen-bond donors (Lipinski definition) is 0. The highest BCUT2D eigenvalue weighted by molar-refractivity contribution is 5.87. The number of allylic oxidation sites excluding steroid dienone is 1. The van der Waals surface area contributed by atoms with Crippen LogP contribution < -0.4 is 0 Å². The lowest BCUT2D eigenvalue weighted by Crippen LogP contribution is -1.80. The summed E-state index contributed by atoms with van der Waals surface area (Å²) in [4.78, 5) is 0. The van der Waals surface area contributed by atoms with E-state index in [1.54, 1.807) is 0 Å². The predicted octanol–water partition coefficient (Wildman–Crippen LogP) is 3.10. The van der Waals surface area contributed by atoms with Crippen molar-refractivity contribution in [1.82, 2.24) is 0 Å². The first kappa shape index (κ1) is 6.90. The fourth-order valence-electron chi connectivity index (χ4n) is 1.68. The summed E-state index contributed by atoms with van der Waals surface area (Å²) < 4.78 is 0. The average Bonchev–Trinajstić information content (AvgIpc) is 2.61. The summed E-state index contributed by atoms with van der Waals surface area (Å²) >= 11 is 0. The van der Waals surface area contributed by atoms with Crippen molar-refractivity contribution < 1.29 is 0 Å². The average molecular weight is 163 g/mol. The van der Waals surface area contributed by atoms with Crippen molar-refractivity contribution in [2.75, 3.05) is 0 Å². The second-order valence-corrected chi connectivity index (χ2v) is 3.20. The van der Waals surface area contributed by atoms with E-state index < -0.39 is 0 Å². The van der Waals surface area contributed by atoms with Crippen LogP contribution in [0.1, 0.15) is 11.1 Å². The van der Waals surface area contributed by atoms with Crippen molar-refractivity contribution in [2.45, 2.75) is 0 Å². The zero-order valence-electron chi connectivity index (χ0n) is 7.04. The Morgan fingerprint density at radius 2 is 1.69 bits per heavy atom. The number of benzene rings is 2. The van der Waals surface area contributed by atoms with Gasteiger partial charge in [-0.05, 0) is 40.1 Å². The van der Waals surface area contributed by atoms with Crippen molar-refractivity contribution in [3.05, 3.63) is 60.0 Å². The van der Waals surface area contributed by atoms with Crippen LogP contribution in [0, 0.1) is 12.5 Å². The Morgan fingerprint density at radius 3 is 2.54 bits per heavy atom. The van der Waals surface area contributed by atoms with Gasteiger partial charge in [0.05, 0.1) is 6.42 Å². The van der Waals surface area contributed by atoms with E-state index in [4.69, 9.17) is 0 Å². The van der Waals surface area contributed by atoms with E-state index in [9.17, 15) is 0 Å². The lowest BCUT2D eigenvalue weighted by molar-refractivity contribution is 1.57. The first-order valence-electron chi connectivity index (χ1n) is 4.31. The Kier molecular flexibility index (Phi) is 1.31. The number of hydrogen-bond acceptors (Lipinski definition) is 0. The van der Waals surface area contributed by atoms with Crippen molar-refractivity contribution in [3.63, 3.8) is 0 Å². The van der Waals surface area contributed by atoms with Crippen molar-refractivity contribution >= 4 is 16.8 Å². The molecule has 0 heterocycles. The molecule has 0 heteroatoms. The van der Waals surface area contributed by atoms with E-state index in [-0.39, 0.29) is 0 Å². The van der Waals surface area contributed by atoms with Crippen molar-refractivity contribution in [3.8, 4) is 0 Å². The number of fused-ring (bicyclic) bond motifs is 2. The quantitative estimate of drug-likeness (QED) is 0.559. The first-order chi connectivity index (χ1) is 6.43. The molecule has 1 aliphatic rings. The zero-order chi connectivity index (χ0) is 8.67. The van der Waals surface area contributed by atoms with E-state index in [0.717, 1.165) is 5.56 Å². The molecule has 0 nitrogen and oxygen atoms in total. The lowest BCUT2D eigenvalue weighted by atomic mass is 10.0. The smallest absolute Gasteiger partial charge is 0.0511 e. The molecule has 0 atom stereocenters. The zero-order valence-corrected chi connectivity index (χ0v) is 7.04. The van der Waals surface area contributed by atoms with Gasteiger partial charge in [-0.15, -0.1) is 0 Å². The van der Waals surface area contributed by atoms with Crippen LogP contribution in [0.25, 0.3) is 16.8 Å². The highest BCUT2D eigenvalue weighted by Gasteiger charge is 2.06. The minimum absolute atomic E-state index is 1.15. The Balaban J connectivity index is 2.40. The minimum Gasteiger partial charge on any atom is -0.0616 e. The molecule has 13 heavy (non-hydrogen) atoms. The third kappa shape index (κ3) is 0.988. The van der Waals surface area contributed by atoms with E-state index in [1.165, 1.54) is 16.3 Å². The van der Waals surface area contributed by atoms with Crippen LogP contribution in [0.2, 0.25) is 0 Å². The van der Waals surface area contributed by atoms with Gasteiger partial charge in [-0.25, -0.2) is 0 Å². The topological polar surface area (TPSA) is 0 Å². The molecule has 2 aromatic rings. The van der Waals surface area contributed by atoms with Gasteiger partial charge in [0.1, 0.15) is 0 Å². The molecule has 1 aliphatic carbocycles. The molecule has 0 amide bonds. The molecule has 0 saturated heterocycles. The first-order valence-corrected chi connectivity index (χ1v) is 4.31. The molecular weight excluding hydrogens is 156 g/mol. The predicted molar refractivity (Wildman–Crippen MR) is 54.0 cm³/mol. The van der Waals surface area contributed by atoms with Crippen LogP contribution in [-0.4, -0.2) is 0 Å². The van der Waals surface area contributed by atoms with Crippen LogP contribution in [0.5, 0.6) is 0 Å². The van der Waals surface area contributed by atoms with Crippen molar-refractivity contribution in [2.24, 2.45) is 0 Å². The fourth-order valence-corrected chi connectivity index (χ4v) is 1.68. The molecule has 0 bridgehead atoms. The maximum Gasteiger partial charge on any atom is 0.0511 e. The second-order valence-electron chi connectivity index (χ2n) is 3.20. The van der Waals surface area contributed by atoms with Gasteiger partial charge in [-0.3, -0.25) is 0 Å². The van der Waals surface area contributed by atoms with Gasteiger partial charge in [0, 0.05) is 0 Å². The third-order valence-corrected chi connectivity index (χ3v) is 2.35. The monoisotopic (exact) mass is 163 g/mol. The fraction of sp³-hybridized carbons (Fsp3) is 0. The summed E-state index contributed by atoms with van der Waals surface area (Å²) in [6.45, 7) is 0. The van der Waals surface area contributed by atoms with Gasteiger partial charge >= 0.3 is 0 Å². The maximum atomic E-state index is 3.09. The van der Waals surface area contributed by atoms with Crippen LogP contribution in [0.4, 0.5) is 0 Å². The molecule has 0 unspecified atom stereocenters. The summed E-state index contributed by atoms with van der Waals surface area (Å²) in [5.41, 5.74) is 2.37. The van der Waals surface area contributed by atoms with Gasteiger partial charge in [0.2, 0.25) is 0 Å². The minimum atomic E-state index is 1.15. The molecule has 0 fully saturated rings. The molecule has 59 valence electrons. The van der Waals surface area contributed by atoms with Gasteiger partial charge in [-0.1, -0.05) is 30.3 Å². The van der Waals surface area contributed by atoms with Gasteiger partial charge in [-0.2, -0.15) is 0 Å². The van der Waals surface area contributed by atoms with E-state index in [2.05, 4.69) is 48.9 Å². The molecule has 2 aromatic carbocycles. The summed E-state index contributed by atoms with van der Waals surface area (Å²) in [6, 6.07) is 12.7. The standard InChI is InChI=1S/C13H7/c1-2-5-11-9-13-7-3-6-12(13)8-10(11)4-1/h1-2,4-6,8-9H. The van der Waals surface area contributed by atoms with Crippen LogP contribution >= 0.6 is 0 Å². The third-order valence-electron chi connectivity index (χ3n) is 2.35. The number of rotatable bonds is 0. The summed E-state index contributed by atoms with van der Waals surface area (Å²) in [6.07, 6.45) is 8.05. The van der Waals surface area contributed by atoms with Gasteiger partial charge in [0.25, 0.3) is 0 Å². The normalized spacial score (nSPS) is 13.5. The summed E-state index contributed by atoms with van der Waals surface area (Å²) in [7, 11) is 0. The molecule has 3 radical (unpaired) electrons. The Bertz CT molecular complexity index is 492.